The zero-order chi connectivity index (χ0) is 15.0. The molecule has 3 rings (SSSR count). The van der Waals surface area contributed by atoms with E-state index in [0.29, 0.717) is 13.0 Å². The molecule has 7 heteroatoms. The van der Waals surface area contributed by atoms with E-state index in [9.17, 15) is 13.2 Å². The molecule has 1 saturated heterocycles. The summed E-state index contributed by atoms with van der Waals surface area (Å²) in [6.45, 7) is 0.713. The van der Waals surface area contributed by atoms with Gasteiger partial charge in [-0.25, -0.2) is 13.6 Å². The molecule has 1 aromatic heterocycles. The molecule has 1 aliphatic rings. The van der Waals surface area contributed by atoms with Crippen molar-refractivity contribution in [3.63, 3.8) is 0 Å². The summed E-state index contributed by atoms with van der Waals surface area (Å²) in [5.74, 6) is -0.142. The molecule has 1 unspecified atom stereocenters. The average molecular weight is 307 g/mol. The van der Waals surface area contributed by atoms with E-state index < -0.39 is 15.3 Å². The number of hydrogen-bond acceptors (Lipinski definition) is 3. The van der Waals surface area contributed by atoms with Crippen molar-refractivity contribution >= 4 is 26.8 Å². The number of rotatable bonds is 4. The normalized spacial score (nSPS) is 19.6. The first-order valence-corrected chi connectivity index (χ1v) is 8.40. The van der Waals surface area contributed by atoms with Gasteiger partial charge in [-0.1, -0.05) is 6.07 Å². The van der Waals surface area contributed by atoms with Gasteiger partial charge in [0.25, 0.3) is 0 Å². The number of carbonyl (C=O) groups is 1. The van der Waals surface area contributed by atoms with Gasteiger partial charge in [0.15, 0.2) is 0 Å². The van der Waals surface area contributed by atoms with Crippen molar-refractivity contribution in [2.45, 2.75) is 18.1 Å². The number of amides is 1. The van der Waals surface area contributed by atoms with E-state index in [2.05, 4.69) is 11.1 Å². The first-order valence-electron chi connectivity index (χ1n) is 6.79. The maximum atomic E-state index is 11.8. The molecule has 1 aliphatic heterocycles. The molecule has 0 spiro atoms. The van der Waals surface area contributed by atoms with Crippen molar-refractivity contribution in [1.82, 2.24) is 9.88 Å². The second-order valence-electron chi connectivity index (χ2n) is 5.40. The molecule has 2 heterocycles. The van der Waals surface area contributed by atoms with E-state index in [1.54, 1.807) is 4.90 Å². The van der Waals surface area contributed by atoms with Gasteiger partial charge in [0.05, 0.1) is 0 Å². The van der Waals surface area contributed by atoms with E-state index in [4.69, 9.17) is 5.14 Å². The summed E-state index contributed by atoms with van der Waals surface area (Å²) in [6, 6.07) is 8.08. The first-order chi connectivity index (χ1) is 9.93. The van der Waals surface area contributed by atoms with Crippen LogP contribution in [0.3, 0.4) is 0 Å². The molecular weight excluding hydrogens is 290 g/mol. The molecule has 6 nitrogen and oxygen atoms in total. The largest absolute Gasteiger partial charge is 0.361 e. The van der Waals surface area contributed by atoms with Crippen LogP contribution in [0.2, 0.25) is 0 Å². The van der Waals surface area contributed by atoms with Gasteiger partial charge in [0, 0.05) is 31.2 Å². The fourth-order valence-corrected chi connectivity index (χ4v) is 3.46. The molecule has 1 atom stereocenters. The molecule has 0 aliphatic carbocycles. The highest BCUT2D eigenvalue weighted by Crippen LogP contribution is 2.18. The highest BCUT2D eigenvalue weighted by molar-refractivity contribution is 7.89. The number of benzene rings is 1. The van der Waals surface area contributed by atoms with Gasteiger partial charge >= 0.3 is 0 Å². The van der Waals surface area contributed by atoms with Crippen LogP contribution in [0.1, 0.15) is 12.0 Å². The zero-order valence-corrected chi connectivity index (χ0v) is 12.3. The fourth-order valence-electron chi connectivity index (χ4n) is 2.69. The molecular formula is C14H17N3O3S. The monoisotopic (exact) mass is 307 g/mol. The Morgan fingerprint density at radius 3 is 2.86 bits per heavy atom. The van der Waals surface area contributed by atoms with Crippen LogP contribution in [0.5, 0.6) is 0 Å². The third-order valence-electron chi connectivity index (χ3n) is 3.93. The van der Waals surface area contributed by atoms with Gasteiger partial charge in [0.2, 0.25) is 15.9 Å². The van der Waals surface area contributed by atoms with Crippen molar-refractivity contribution in [2.75, 3.05) is 13.1 Å². The van der Waals surface area contributed by atoms with Crippen molar-refractivity contribution in [2.24, 2.45) is 5.14 Å². The number of primary sulfonamides is 1. The standard InChI is InChI=1S/C14H17N3O3S/c15-21(19,20)12-8-14(18)17(9-12)6-4-10-1-2-13-11(7-10)3-5-16-13/h1-3,5,7,12,16H,4,6,8-9H2,(H2,15,19,20). The van der Waals surface area contributed by atoms with Crippen molar-refractivity contribution in [1.29, 1.82) is 0 Å². The topological polar surface area (TPSA) is 96.3 Å². The minimum absolute atomic E-state index is 0.00429. The van der Waals surface area contributed by atoms with Gasteiger partial charge < -0.3 is 9.88 Å². The predicted octanol–water partition coefficient (Wildman–Crippen LogP) is 0.600. The van der Waals surface area contributed by atoms with Crippen LogP contribution in [0, 0.1) is 0 Å². The smallest absolute Gasteiger partial charge is 0.224 e. The molecule has 1 aromatic carbocycles. The van der Waals surface area contributed by atoms with Gasteiger partial charge in [-0.15, -0.1) is 0 Å². The maximum Gasteiger partial charge on any atom is 0.224 e. The van der Waals surface area contributed by atoms with Gasteiger partial charge in [-0.2, -0.15) is 0 Å². The fraction of sp³-hybridized carbons (Fsp3) is 0.357. The lowest BCUT2D eigenvalue weighted by atomic mass is 10.1. The van der Waals surface area contributed by atoms with E-state index in [0.717, 1.165) is 16.5 Å². The van der Waals surface area contributed by atoms with Crippen LogP contribution in [-0.4, -0.2) is 42.5 Å². The maximum absolute atomic E-state index is 11.8. The van der Waals surface area contributed by atoms with Crippen LogP contribution in [-0.2, 0) is 21.2 Å². The van der Waals surface area contributed by atoms with Crippen LogP contribution in [0.25, 0.3) is 10.9 Å². The summed E-state index contributed by atoms with van der Waals surface area (Å²) >= 11 is 0. The van der Waals surface area contributed by atoms with Crippen LogP contribution in [0.15, 0.2) is 30.5 Å². The van der Waals surface area contributed by atoms with E-state index in [1.807, 2.05) is 24.4 Å². The quantitative estimate of drug-likeness (QED) is 0.865. The predicted molar refractivity (Wildman–Crippen MR) is 80.1 cm³/mol. The summed E-state index contributed by atoms with van der Waals surface area (Å²) in [7, 11) is -3.64. The van der Waals surface area contributed by atoms with Crippen molar-refractivity contribution < 1.29 is 13.2 Å². The Balaban J connectivity index is 1.66. The molecule has 1 fully saturated rings. The molecule has 2 aromatic rings. The number of fused-ring (bicyclic) bond motifs is 1. The van der Waals surface area contributed by atoms with Gasteiger partial charge in [-0.3, -0.25) is 4.79 Å². The number of hydrogen-bond donors (Lipinski definition) is 2. The average Bonchev–Trinajstić information content (AvgIpc) is 3.01. The lowest BCUT2D eigenvalue weighted by Gasteiger charge is -2.16. The Morgan fingerprint density at radius 1 is 1.33 bits per heavy atom. The third kappa shape index (κ3) is 2.93. The SMILES string of the molecule is NS(=O)(=O)C1CC(=O)N(CCc2ccc3[nH]ccc3c2)C1. The number of H-pyrrole nitrogens is 1. The Hall–Kier alpha value is -1.86. The summed E-state index contributed by atoms with van der Waals surface area (Å²) in [5.41, 5.74) is 2.19. The number of likely N-dealkylation sites (tertiary alicyclic amines) is 1. The molecule has 1 amide bonds. The minimum atomic E-state index is -3.64. The zero-order valence-electron chi connectivity index (χ0n) is 11.5. The Kier molecular flexibility index (Phi) is 3.46. The Bertz CT molecular complexity index is 782. The second kappa shape index (κ2) is 5.16. The number of nitrogens with two attached hydrogens (primary N) is 1. The lowest BCUT2D eigenvalue weighted by molar-refractivity contribution is -0.127. The first kappa shape index (κ1) is 14.1. The second-order valence-corrected chi connectivity index (χ2v) is 7.25. The number of carbonyl (C=O) groups excluding carboxylic acids is 1. The molecule has 0 bridgehead atoms. The van der Waals surface area contributed by atoms with Crippen molar-refractivity contribution in [3.05, 3.63) is 36.0 Å². The molecule has 0 radical (unpaired) electrons. The molecule has 0 saturated carbocycles. The van der Waals surface area contributed by atoms with Crippen molar-refractivity contribution in [3.8, 4) is 0 Å². The van der Waals surface area contributed by atoms with Crippen LogP contribution < -0.4 is 5.14 Å². The van der Waals surface area contributed by atoms with Gasteiger partial charge in [-0.05, 0) is 35.6 Å². The highest BCUT2D eigenvalue weighted by Gasteiger charge is 2.35. The highest BCUT2D eigenvalue weighted by atomic mass is 32.2. The molecule has 3 N–H and O–H groups in total. The molecule has 112 valence electrons. The summed E-state index contributed by atoms with van der Waals surface area (Å²) in [6.07, 6.45) is 2.58. The molecule has 21 heavy (non-hydrogen) atoms. The van der Waals surface area contributed by atoms with Crippen LogP contribution in [0.4, 0.5) is 0 Å². The Labute approximate surface area is 123 Å². The minimum Gasteiger partial charge on any atom is -0.361 e. The summed E-state index contributed by atoms with van der Waals surface area (Å²) in [5, 5.41) is 5.47. The van der Waals surface area contributed by atoms with E-state index in [-0.39, 0.29) is 18.9 Å². The number of sulfonamides is 1. The number of aromatic nitrogens is 1. The number of nitrogens with zero attached hydrogens (tertiary/aromatic N) is 1. The third-order valence-corrected chi connectivity index (χ3v) is 5.18. The van der Waals surface area contributed by atoms with Crippen LogP contribution >= 0.6 is 0 Å². The summed E-state index contributed by atoms with van der Waals surface area (Å²) < 4.78 is 22.6. The van der Waals surface area contributed by atoms with E-state index in [1.165, 1.54) is 0 Å². The lowest BCUT2D eigenvalue weighted by Crippen LogP contribution is -2.33. The van der Waals surface area contributed by atoms with Gasteiger partial charge in [0.1, 0.15) is 5.25 Å². The Morgan fingerprint density at radius 2 is 2.14 bits per heavy atom. The number of nitrogens with one attached hydrogen (secondary N) is 1. The van der Waals surface area contributed by atoms with E-state index >= 15 is 0 Å². The summed E-state index contributed by atoms with van der Waals surface area (Å²) in [4.78, 5) is 16.5. The number of aromatic amines is 1.